The van der Waals surface area contributed by atoms with Crippen LogP contribution >= 0.6 is 23.2 Å². The van der Waals surface area contributed by atoms with Gasteiger partial charge in [-0.15, -0.1) is 0 Å². The number of hydrogen-bond acceptors (Lipinski definition) is 2. The van der Waals surface area contributed by atoms with Crippen LogP contribution in [-0.4, -0.2) is 5.11 Å². The Labute approximate surface area is 133 Å². The largest absolute Gasteiger partial charge is 0.392 e. The second-order valence-corrected chi connectivity index (χ2v) is 5.61. The number of hydrogen-bond donors (Lipinski definition) is 2. The number of rotatable bonds is 5. The third-order valence-electron chi connectivity index (χ3n) is 3.34. The molecule has 21 heavy (non-hydrogen) atoms. The van der Waals surface area contributed by atoms with E-state index in [1.165, 1.54) is 6.07 Å². The highest BCUT2D eigenvalue weighted by Gasteiger charge is 2.11. The third-order valence-corrected chi connectivity index (χ3v) is 4.17. The molecule has 0 aliphatic rings. The van der Waals surface area contributed by atoms with E-state index in [4.69, 9.17) is 28.3 Å². The van der Waals surface area contributed by atoms with Gasteiger partial charge in [0.25, 0.3) is 0 Å². The number of aliphatic hydroxyl groups excluding tert-OH is 1. The Kier molecular flexibility index (Phi) is 5.59. The number of benzene rings is 2. The summed E-state index contributed by atoms with van der Waals surface area (Å²) in [6, 6.07) is 10.2. The monoisotopic (exact) mass is 327 g/mol. The maximum absolute atomic E-state index is 13.3. The van der Waals surface area contributed by atoms with E-state index in [-0.39, 0.29) is 12.6 Å². The Hall–Kier alpha value is -1.13. The summed E-state index contributed by atoms with van der Waals surface area (Å²) >= 11 is 12.2. The summed E-state index contributed by atoms with van der Waals surface area (Å²) in [5.74, 6) is -0.396. The molecule has 0 heterocycles. The lowest BCUT2D eigenvalue weighted by Crippen LogP contribution is -2.18. The van der Waals surface area contributed by atoms with Crippen molar-refractivity contribution in [2.45, 2.75) is 26.1 Å². The SMILES string of the molecule is CC(NCc1ccc(F)c(CO)c1)c1cccc(Cl)c1Cl. The van der Waals surface area contributed by atoms with E-state index in [1.54, 1.807) is 18.2 Å². The molecule has 0 spiro atoms. The Bertz CT molecular complexity index is 634. The standard InChI is InChI=1S/C16H16Cl2FNO/c1-10(13-3-2-4-14(17)16(13)18)20-8-11-5-6-15(19)12(7-11)9-21/h2-7,10,20-21H,8-9H2,1H3. The van der Waals surface area contributed by atoms with E-state index in [0.29, 0.717) is 22.2 Å². The fourth-order valence-corrected chi connectivity index (χ4v) is 2.57. The van der Waals surface area contributed by atoms with E-state index in [1.807, 2.05) is 19.1 Å². The Morgan fingerprint density at radius 1 is 1.24 bits per heavy atom. The van der Waals surface area contributed by atoms with Crippen LogP contribution in [0.3, 0.4) is 0 Å². The topological polar surface area (TPSA) is 32.3 Å². The van der Waals surface area contributed by atoms with Crippen molar-refractivity contribution >= 4 is 23.2 Å². The molecule has 0 aromatic heterocycles. The van der Waals surface area contributed by atoms with E-state index in [9.17, 15) is 4.39 Å². The smallest absolute Gasteiger partial charge is 0.128 e. The molecule has 0 fully saturated rings. The highest BCUT2D eigenvalue weighted by Crippen LogP contribution is 2.29. The average Bonchev–Trinajstić information content (AvgIpc) is 2.49. The van der Waals surface area contributed by atoms with Gasteiger partial charge < -0.3 is 10.4 Å². The minimum atomic E-state index is -0.396. The van der Waals surface area contributed by atoms with E-state index in [0.717, 1.165) is 11.1 Å². The fraction of sp³-hybridized carbons (Fsp3) is 0.250. The Morgan fingerprint density at radius 2 is 2.00 bits per heavy atom. The average molecular weight is 328 g/mol. The maximum atomic E-state index is 13.3. The van der Waals surface area contributed by atoms with Crippen molar-refractivity contribution in [2.24, 2.45) is 0 Å². The molecule has 1 unspecified atom stereocenters. The summed E-state index contributed by atoms with van der Waals surface area (Å²) < 4.78 is 13.3. The molecule has 112 valence electrons. The summed E-state index contributed by atoms with van der Waals surface area (Å²) in [7, 11) is 0. The number of aliphatic hydroxyl groups is 1. The second-order valence-electron chi connectivity index (χ2n) is 4.83. The molecule has 2 N–H and O–H groups in total. The molecule has 0 aliphatic heterocycles. The zero-order chi connectivity index (χ0) is 15.4. The lowest BCUT2D eigenvalue weighted by molar-refractivity contribution is 0.275. The number of halogens is 3. The van der Waals surface area contributed by atoms with E-state index < -0.39 is 5.82 Å². The Balaban J connectivity index is 2.07. The first-order valence-corrected chi connectivity index (χ1v) is 7.34. The van der Waals surface area contributed by atoms with Crippen LogP contribution in [0, 0.1) is 5.82 Å². The summed E-state index contributed by atoms with van der Waals surface area (Å²) in [6.07, 6.45) is 0. The van der Waals surface area contributed by atoms with Gasteiger partial charge in [0, 0.05) is 18.2 Å². The minimum absolute atomic E-state index is 0.00108. The van der Waals surface area contributed by atoms with Crippen molar-refractivity contribution in [3.63, 3.8) is 0 Å². The van der Waals surface area contributed by atoms with Crippen LogP contribution in [0.4, 0.5) is 4.39 Å². The lowest BCUT2D eigenvalue weighted by Gasteiger charge is -2.16. The first-order valence-electron chi connectivity index (χ1n) is 6.58. The molecule has 2 aromatic rings. The summed E-state index contributed by atoms with van der Waals surface area (Å²) in [6.45, 7) is 2.21. The maximum Gasteiger partial charge on any atom is 0.128 e. The predicted molar refractivity (Wildman–Crippen MR) is 84.0 cm³/mol. The van der Waals surface area contributed by atoms with Crippen molar-refractivity contribution in [2.75, 3.05) is 0 Å². The van der Waals surface area contributed by atoms with Crippen LogP contribution in [-0.2, 0) is 13.2 Å². The van der Waals surface area contributed by atoms with Crippen LogP contribution < -0.4 is 5.32 Å². The molecule has 2 rings (SSSR count). The van der Waals surface area contributed by atoms with Crippen molar-refractivity contribution < 1.29 is 9.50 Å². The van der Waals surface area contributed by atoms with Crippen molar-refractivity contribution in [3.05, 3.63) is 69.0 Å². The van der Waals surface area contributed by atoms with Gasteiger partial charge in [0.15, 0.2) is 0 Å². The van der Waals surface area contributed by atoms with Gasteiger partial charge in [0.1, 0.15) is 5.82 Å². The summed E-state index contributed by atoms with van der Waals surface area (Å²) in [5, 5.41) is 13.4. The molecule has 0 saturated heterocycles. The molecular formula is C16H16Cl2FNO. The highest BCUT2D eigenvalue weighted by atomic mass is 35.5. The van der Waals surface area contributed by atoms with Crippen molar-refractivity contribution in [3.8, 4) is 0 Å². The first-order chi connectivity index (χ1) is 10.0. The molecule has 2 nitrogen and oxygen atoms in total. The molecule has 0 amide bonds. The molecule has 0 aliphatic carbocycles. The normalized spacial score (nSPS) is 12.4. The summed E-state index contributed by atoms with van der Waals surface area (Å²) in [5.41, 5.74) is 2.10. The number of nitrogens with one attached hydrogen (secondary N) is 1. The first kappa shape index (κ1) is 16.2. The third kappa shape index (κ3) is 3.95. The van der Waals surface area contributed by atoms with Crippen LogP contribution in [0.5, 0.6) is 0 Å². The fourth-order valence-electron chi connectivity index (χ4n) is 2.10. The van der Waals surface area contributed by atoms with Crippen LogP contribution in [0.2, 0.25) is 10.0 Å². The van der Waals surface area contributed by atoms with Crippen LogP contribution in [0.1, 0.15) is 29.7 Å². The molecule has 0 bridgehead atoms. The van der Waals surface area contributed by atoms with Gasteiger partial charge in [0.05, 0.1) is 16.7 Å². The van der Waals surface area contributed by atoms with E-state index in [2.05, 4.69) is 5.32 Å². The minimum Gasteiger partial charge on any atom is -0.392 e. The van der Waals surface area contributed by atoms with Gasteiger partial charge in [0.2, 0.25) is 0 Å². The zero-order valence-corrected chi connectivity index (χ0v) is 13.0. The lowest BCUT2D eigenvalue weighted by atomic mass is 10.1. The van der Waals surface area contributed by atoms with Gasteiger partial charge >= 0.3 is 0 Å². The van der Waals surface area contributed by atoms with E-state index >= 15 is 0 Å². The molecule has 0 radical (unpaired) electrons. The van der Waals surface area contributed by atoms with Crippen molar-refractivity contribution in [1.82, 2.24) is 5.32 Å². The quantitative estimate of drug-likeness (QED) is 0.848. The second kappa shape index (κ2) is 7.23. The molecular weight excluding hydrogens is 312 g/mol. The highest BCUT2D eigenvalue weighted by molar-refractivity contribution is 6.42. The molecule has 5 heteroatoms. The van der Waals surface area contributed by atoms with Crippen LogP contribution in [0.25, 0.3) is 0 Å². The van der Waals surface area contributed by atoms with Gasteiger partial charge in [-0.25, -0.2) is 4.39 Å². The zero-order valence-electron chi connectivity index (χ0n) is 11.5. The molecule has 1 atom stereocenters. The Morgan fingerprint density at radius 3 is 2.71 bits per heavy atom. The van der Waals surface area contributed by atoms with Gasteiger partial charge in [-0.1, -0.05) is 41.4 Å². The van der Waals surface area contributed by atoms with Gasteiger partial charge in [-0.2, -0.15) is 0 Å². The van der Waals surface area contributed by atoms with Crippen molar-refractivity contribution in [1.29, 1.82) is 0 Å². The predicted octanol–water partition coefficient (Wildman–Crippen LogP) is 4.48. The molecule has 2 aromatic carbocycles. The van der Waals surface area contributed by atoms with Gasteiger partial charge in [-0.05, 0) is 36.2 Å². The van der Waals surface area contributed by atoms with Crippen LogP contribution in [0.15, 0.2) is 36.4 Å². The molecule has 0 saturated carbocycles. The van der Waals surface area contributed by atoms with Gasteiger partial charge in [-0.3, -0.25) is 0 Å². The summed E-state index contributed by atoms with van der Waals surface area (Å²) in [4.78, 5) is 0.